The SMILES string of the molecule is C=C.C=C.C=C.C=C.C=C.C=C.CCCCCCOS(=O)(=O)O.CCOCC.OCCO. The van der Waals surface area contributed by atoms with Crippen LogP contribution in [0.2, 0.25) is 0 Å². The Morgan fingerprint density at radius 3 is 1.09 bits per heavy atom. The lowest BCUT2D eigenvalue weighted by molar-refractivity contribution is 0.162. The summed E-state index contributed by atoms with van der Waals surface area (Å²) in [6.07, 6.45) is 3.76. The van der Waals surface area contributed by atoms with Crippen LogP contribution in [0.15, 0.2) is 78.9 Å². The van der Waals surface area contributed by atoms with Gasteiger partial charge >= 0.3 is 10.4 Å². The first-order chi connectivity index (χ1) is 15.4. The predicted molar refractivity (Wildman–Crippen MR) is 146 cm³/mol. The summed E-state index contributed by atoms with van der Waals surface area (Å²) >= 11 is 0. The lowest BCUT2D eigenvalue weighted by Gasteiger charge is -1.98. The molecule has 0 fully saturated rings. The Hall–Kier alpha value is -1.81. The van der Waals surface area contributed by atoms with Crippen molar-refractivity contribution in [3.8, 4) is 0 Å². The van der Waals surface area contributed by atoms with Gasteiger partial charge in [0.05, 0.1) is 19.8 Å². The van der Waals surface area contributed by atoms with Crippen LogP contribution in [0.1, 0.15) is 46.5 Å². The lowest BCUT2D eigenvalue weighted by atomic mass is 10.2. The summed E-state index contributed by atoms with van der Waals surface area (Å²) < 4.78 is 37.1. The quantitative estimate of drug-likeness (QED) is 0.201. The highest BCUT2D eigenvalue weighted by Gasteiger charge is 2.01. The molecule has 0 aromatic carbocycles. The van der Waals surface area contributed by atoms with Crippen molar-refractivity contribution in [1.29, 1.82) is 0 Å². The summed E-state index contributed by atoms with van der Waals surface area (Å²) in [6.45, 7) is 43.6. The zero-order valence-electron chi connectivity index (χ0n) is 21.2. The van der Waals surface area contributed by atoms with Crippen molar-refractivity contribution in [2.24, 2.45) is 0 Å². The molecule has 0 aliphatic rings. The highest BCUT2D eigenvalue weighted by Crippen LogP contribution is 1.99. The van der Waals surface area contributed by atoms with Crippen molar-refractivity contribution in [2.75, 3.05) is 33.0 Å². The van der Waals surface area contributed by atoms with Crippen LogP contribution in [0, 0.1) is 0 Å². The van der Waals surface area contributed by atoms with E-state index in [4.69, 9.17) is 19.5 Å². The smallest absolute Gasteiger partial charge is 0.394 e. The standard InChI is InChI=1S/C6H14O4S.C4H10O.C2H6O2.6C2H4/c1-2-3-4-5-6-10-11(7,8)9;1-3-5-4-2;3-1-2-4;6*1-2/h2-6H2,1H3,(H,7,8,9);3-4H2,1-2H3;3-4H,1-2H2;6*1-2H2. The second-order valence-electron chi connectivity index (χ2n) is 3.54. The third-order valence-corrected chi connectivity index (χ3v) is 2.20. The monoisotopic (exact) mass is 486 g/mol. The van der Waals surface area contributed by atoms with Crippen LogP contribution in [-0.4, -0.2) is 56.2 Å². The summed E-state index contributed by atoms with van der Waals surface area (Å²) in [5.74, 6) is 0. The molecule has 0 radical (unpaired) electrons. The van der Waals surface area contributed by atoms with Gasteiger partial charge in [-0.15, -0.1) is 78.9 Å². The van der Waals surface area contributed by atoms with Gasteiger partial charge < -0.3 is 14.9 Å². The summed E-state index contributed by atoms with van der Waals surface area (Å²) in [4.78, 5) is 0. The van der Waals surface area contributed by atoms with Crippen molar-refractivity contribution < 1.29 is 32.1 Å². The normalized spacial score (nSPS) is 7.06. The minimum atomic E-state index is -4.21. The number of hydrogen-bond donors (Lipinski definition) is 3. The zero-order chi connectivity index (χ0) is 28.3. The van der Waals surface area contributed by atoms with E-state index in [0.717, 1.165) is 32.5 Å². The van der Waals surface area contributed by atoms with Crippen LogP contribution in [0.25, 0.3) is 0 Å². The molecular weight excluding hydrogens is 432 g/mol. The number of ether oxygens (including phenoxy) is 1. The molecule has 3 N–H and O–H groups in total. The first kappa shape index (κ1) is 57.3. The topological polar surface area (TPSA) is 113 Å². The summed E-state index contributed by atoms with van der Waals surface area (Å²) in [7, 11) is -4.21. The van der Waals surface area contributed by atoms with E-state index in [-0.39, 0.29) is 19.8 Å². The molecule has 0 rings (SSSR count). The highest BCUT2D eigenvalue weighted by molar-refractivity contribution is 7.80. The van der Waals surface area contributed by atoms with Gasteiger partial charge in [-0.2, -0.15) is 8.42 Å². The molecule has 198 valence electrons. The highest BCUT2D eigenvalue weighted by atomic mass is 32.3. The molecule has 0 aromatic heterocycles. The number of aliphatic hydroxyl groups excluding tert-OH is 2. The van der Waals surface area contributed by atoms with E-state index in [1.165, 1.54) is 0 Å². The second kappa shape index (κ2) is 101. The van der Waals surface area contributed by atoms with E-state index < -0.39 is 10.4 Å². The molecule has 0 atom stereocenters. The van der Waals surface area contributed by atoms with Gasteiger partial charge in [-0.3, -0.25) is 4.55 Å². The predicted octanol–water partition coefficient (Wildman–Crippen LogP) is 6.21. The molecule has 0 aromatic rings. The first-order valence-corrected chi connectivity index (χ1v) is 11.2. The van der Waals surface area contributed by atoms with Gasteiger partial charge in [-0.05, 0) is 20.3 Å². The minimum Gasteiger partial charge on any atom is -0.394 e. The van der Waals surface area contributed by atoms with Crippen LogP contribution < -0.4 is 0 Å². The van der Waals surface area contributed by atoms with Gasteiger partial charge in [0.25, 0.3) is 0 Å². The molecule has 32 heavy (non-hydrogen) atoms. The Morgan fingerprint density at radius 1 is 0.625 bits per heavy atom. The lowest BCUT2D eigenvalue weighted by Crippen LogP contribution is -2.04. The maximum atomic E-state index is 10.00. The Balaban J connectivity index is -0.0000000306. The fraction of sp³-hybridized carbons (Fsp3) is 0.500. The fourth-order valence-electron chi connectivity index (χ4n) is 0.897. The molecule has 0 spiro atoms. The minimum absolute atomic E-state index is 0.0822. The van der Waals surface area contributed by atoms with Gasteiger partial charge in [0.15, 0.2) is 0 Å². The Kier molecular flexibility index (Phi) is 180. The molecule has 0 saturated carbocycles. The molecule has 0 heterocycles. The molecular formula is C24H54O7S. The maximum Gasteiger partial charge on any atom is 0.397 e. The number of aliphatic hydroxyl groups is 2. The average Bonchev–Trinajstić information content (AvgIpc) is 2.87. The maximum absolute atomic E-state index is 10.00. The Bertz CT molecular complexity index is 305. The van der Waals surface area contributed by atoms with Gasteiger partial charge in [-0.1, -0.05) is 26.2 Å². The molecule has 8 heteroatoms. The van der Waals surface area contributed by atoms with E-state index >= 15 is 0 Å². The molecule has 0 aliphatic heterocycles. The molecule has 0 saturated heterocycles. The largest absolute Gasteiger partial charge is 0.397 e. The first-order valence-electron chi connectivity index (χ1n) is 9.80. The Morgan fingerprint density at radius 2 is 0.938 bits per heavy atom. The molecule has 7 nitrogen and oxygen atoms in total. The third kappa shape index (κ3) is 247. The van der Waals surface area contributed by atoms with Gasteiger partial charge in [0, 0.05) is 13.2 Å². The van der Waals surface area contributed by atoms with E-state index in [2.05, 4.69) is 90.1 Å². The van der Waals surface area contributed by atoms with Crippen LogP contribution in [0.5, 0.6) is 0 Å². The molecule has 0 unspecified atom stereocenters. The van der Waals surface area contributed by atoms with Crippen molar-refractivity contribution in [2.45, 2.75) is 46.5 Å². The van der Waals surface area contributed by atoms with E-state index in [0.29, 0.717) is 6.42 Å². The van der Waals surface area contributed by atoms with E-state index in [1.807, 2.05) is 13.8 Å². The summed E-state index contributed by atoms with van der Waals surface area (Å²) in [5.41, 5.74) is 0. The van der Waals surface area contributed by atoms with Crippen molar-refractivity contribution in [3.63, 3.8) is 0 Å². The fourth-order valence-corrected chi connectivity index (χ4v) is 1.23. The summed E-state index contributed by atoms with van der Waals surface area (Å²) in [6, 6.07) is 0. The zero-order valence-corrected chi connectivity index (χ0v) is 22.0. The average molecular weight is 487 g/mol. The van der Waals surface area contributed by atoms with Crippen LogP contribution in [-0.2, 0) is 19.3 Å². The van der Waals surface area contributed by atoms with Gasteiger partial charge in [0.1, 0.15) is 0 Å². The third-order valence-electron chi connectivity index (χ3n) is 1.74. The number of unbranched alkanes of at least 4 members (excludes halogenated alkanes) is 3. The van der Waals surface area contributed by atoms with Crippen LogP contribution >= 0.6 is 0 Å². The van der Waals surface area contributed by atoms with Crippen LogP contribution in [0.4, 0.5) is 0 Å². The number of hydrogen-bond acceptors (Lipinski definition) is 6. The van der Waals surface area contributed by atoms with E-state index in [1.54, 1.807) is 0 Å². The van der Waals surface area contributed by atoms with Gasteiger partial charge in [0.2, 0.25) is 0 Å². The molecule has 0 bridgehead atoms. The molecule has 0 aliphatic carbocycles. The van der Waals surface area contributed by atoms with Crippen molar-refractivity contribution >= 4 is 10.4 Å². The summed E-state index contributed by atoms with van der Waals surface area (Å²) in [5, 5.41) is 15.2. The second-order valence-corrected chi connectivity index (χ2v) is 4.63. The van der Waals surface area contributed by atoms with E-state index in [9.17, 15) is 8.42 Å². The van der Waals surface area contributed by atoms with Crippen molar-refractivity contribution in [3.05, 3.63) is 78.9 Å². The van der Waals surface area contributed by atoms with Crippen LogP contribution in [0.3, 0.4) is 0 Å². The van der Waals surface area contributed by atoms with Gasteiger partial charge in [-0.25, -0.2) is 4.18 Å². The Labute approximate surface area is 201 Å². The molecule has 0 amide bonds. The number of rotatable bonds is 9. The van der Waals surface area contributed by atoms with Crippen molar-refractivity contribution in [1.82, 2.24) is 0 Å².